The summed E-state index contributed by atoms with van der Waals surface area (Å²) in [5.74, 6) is 1.47. The van der Waals surface area contributed by atoms with Gasteiger partial charge in [-0.1, -0.05) is 6.07 Å². The van der Waals surface area contributed by atoms with Crippen LogP contribution in [-0.2, 0) is 0 Å². The van der Waals surface area contributed by atoms with Gasteiger partial charge in [0, 0.05) is 6.20 Å². The summed E-state index contributed by atoms with van der Waals surface area (Å²) in [6.07, 6.45) is 1.63. The van der Waals surface area contributed by atoms with Gasteiger partial charge in [-0.2, -0.15) is 0 Å². The van der Waals surface area contributed by atoms with Crippen molar-refractivity contribution >= 4 is 21.6 Å². The number of hydrogen-bond acceptors (Lipinski definition) is 4. The first kappa shape index (κ1) is 11.7. The van der Waals surface area contributed by atoms with E-state index in [9.17, 15) is 0 Å². The average Bonchev–Trinajstić information content (AvgIpc) is 2.34. The van der Waals surface area contributed by atoms with Crippen LogP contribution in [0.25, 0.3) is 0 Å². The number of methoxy groups -OCH3 is 1. The molecular weight excluding hydrogens is 284 g/mol. The third kappa shape index (κ3) is 2.50. The molecule has 2 rings (SSSR count). The number of nitrogen functional groups attached to an aromatic ring is 1. The molecule has 4 nitrogen and oxygen atoms in total. The molecule has 0 atom stereocenters. The van der Waals surface area contributed by atoms with E-state index in [2.05, 4.69) is 20.9 Å². The number of aromatic nitrogens is 1. The van der Waals surface area contributed by atoms with E-state index in [0.717, 1.165) is 4.47 Å². The van der Waals surface area contributed by atoms with Crippen molar-refractivity contribution in [3.05, 3.63) is 41.0 Å². The fraction of sp³-hybridized carbons (Fsp3) is 0.0833. The summed E-state index contributed by atoms with van der Waals surface area (Å²) in [4.78, 5) is 4.10. The van der Waals surface area contributed by atoms with Crippen molar-refractivity contribution in [1.29, 1.82) is 0 Å². The molecule has 88 valence electrons. The summed E-state index contributed by atoms with van der Waals surface area (Å²) in [6, 6.07) is 8.99. The van der Waals surface area contributed by atoms with Gasteiger partial charge in [-0.3, -0.25) is 0 Å². The van der Waals surface area contributed by atoms with Gasteiger partial charge in [-0.05, 0) is 40.2 Å². The van der Waals surface area contributed by atoms with Crippen LogP contribution in [0.3, 0.4) is 0 Å². The van der Waals surface area contributed by atoms with Crippen LogP contribution in [0.4, 0.5) is 5.69 Å². The van der Waals surface area contributed by atoms with E-state index < -0.39 is 0 Å². The van der Waals surface area contributed by atoms with Crippen LogP contribution in [0.5, 0.6) is 17.4 Å². The smallest absolute Gasteiger partial charge is 0.262 e. The zero-order valence-corrected chi connectivity index (χ0v) is 10.8. The van der Waals surface area contributed by atoms with Crippen molar-refractivity contribution in [2.75, 3.05) is 12.8 Å². The SMILES string of the molecule is COc1cccnc1Oc1c(N)cccc1Br. The molecule has 0 saturated heterocycles. The zero-order valence-electron chi connectivity index (χ0n) is 9.18. The Morgan fingerprint density at radius 3 is 2.76 bits per heavy atom. The van der Waals surface area contributed by atoms with Gasteiger partial charge in [0.2, 0.25) is 0 Å². The topological polar surface area (TPSA) is 57.4 Å². The lowest BCUT2D eigenvalue weighted by Crippen LogP contribution is -1.96. The number of halogens is 1. The number of hydrogen-bond donors (Lipinski definition) is 1. The van der Waals surface area contributed by atoms with Crippen LogP contribution in [0.1, 0.15) is 0 Å². The van der Waals surface area contributed by atoms with Gasteiger partial charge in [0.25, 0.3) is 5.88 Å². The molecular formula is C12H11BrN2O2. The lowest BCUT2D eigenvalue weighted by molar-refractivity contribution is 0.369. The van der Waals surface area contributed by atoms with E-state index >= 15 is 0 Å². The second-order valence-electron chi connectivity index (χ2n) is 3.27. The quantitative estimate of drug-likeness (QED) is 0.883. The maximum absolute atomic E-state index is 5.84. The number of benzene rings is 1. The molecule has 0 fully saturated rings. The summed E-state index contributed by atoms with van der Waals surface area (Å²) in [7, 11) is 1.56. The summed E-state index contributed by atoms with van der Waals surface area (Å²) in [5, 5.41) is 0. The van der Waals surface area contributed by atoms with E-state index in [1.54, 1.807) is 31.5 Å². The predicted molar refractivity (Wildman–Crippen MR) is 69.4 cm³/mol. The van der Waals surface area contributed by atoms with Crippen molar-refractivity contribution in [1.82, 2.24) is 4.98 Å². The number of rotatable bonds is 3. The summed E-state index contributed by atoms with van der Waals surface area (Å²) >= 11 is 3.38. The van der Waals surface area contributed by atoms with Crippen molar-refractivity contribution in [3.8, 4) is 17.4 Å². The first-order valence-corrected chi connectivity index (χ1v) is 5.72. The van der Waals surface area contributed by atoms with Gasteiger partial charge in [-0.15, -0.1) is 0 Å². The van der Waals surface area contributed by atoms with Crippen molar-refractivity contribution in [2.45, 2.75) is 0 Å². The Morgan fingerprint density at radius 1 is 1.24 bits per heavy atom. The zero-order chi connectivity index (χ0) is 12.3. The standard InChI is InChI=1S/C12H11BrN2O2/c1-16-10-6-3-7-15-12(10)17-11-8(13)4-2-5-9(11)14/h2-7H,14H2,1H3. The third-order valence-electron chi connectivity index (χ3n) is 2.15. The molecule has 1 aromatic heterocycles. The fourth-order valence-electron chi connectivity index (χ4n) is 1.34. The third-order valence-corrected chi connectivity index (χ3v) is 2.78. The van der Waals surface area contributed by atoms with Crippen LogP contribution >= 0.6 is 15.9 Å². The number of anilines is 1. The Labute approximate surface area is 108 Å². The van der Waals surface area contributed by atoms with E-state index in [1.165, 1.54) is 0 Å². The van der Waals surface area contributed by atoms with Gasteiger partial charge in [0.15, 0.2) is 11.5 Å². The van der Waals surface area contributed by atoms with Crippen LogP contribution in [0.2, 0.25) is 0 Å². The second kappa shape index (κ2) is 5.05. The Bertz CT molecular complexity index is 511. The summed E-state index contributed by atoms with van der Waals surface area (Å²) < 4.78 is 11.6. The molecule has 1 aromatic carbocycles. The normalized spacial score (nSPS) is 10.0. The molecule has 0 aliphatic rings. The van der Waals surface area contributed by atoms with E-state index in [0.29, 0.717) is 23.1 Å². The number of nitrogens with two attached hydrogens (primary N) is 1. The van der Waals surface area contributed by atoms with Crippen LogP contribution in [0, 0.1) is 0 Å². The van der Waals surface area contributed by atoms with Gasteiger partial charge < -0.3 is 15.2 Å². The molecule has 2 N–H and O–H groups in total. The van der Waals surface area contributed by atoms with Crippen LogP contribution < -0.4 is 15.2 Å². The number of pyridine rings is 1. The van der Waals surface area contributed by atoms with Crippen molar-refractivity contribution in [3.63, 3.8) is 0 Å². The highest BCUT2D eigenvalue weighted by Crippen LogP contribution is 2.37. The minimum Gasteiger partial charge on any atom is -0.491 e. The molecule has 0 aliphatic heterocycles. The van der Waals surface area contributed by atoms with Gasteiger partial charge >= 0.3 is 0 Å². The molecule has 0 spiro atoms. The molecule has 1 heterocycles. The van der Waals surface area contributed by atoms with Crippen LogP contribution in [0.15, 0.2) is 41.0 Å². The lowest BCUT2D eigenvalue weighted by Gasteiger charge is -2.11. The molecule has 0 radical (unpaired) electrons. The number of para-hydroxylation sites is 1. The molecule has 0 unspecified atom stereocenters. The van der Waals surface area contributed by atoms with Gasteiger partial charge in [0.05, 0.1) is 17.3 Å². The number of nitrogens with zero attached hydrogens (tertiary/aromatic N) is 1. The van der Waals surface area contributed by atoms with Gasteiger partial charge in [0.1, 0.15) is 0 Å². The van der Waals surface area contributed by atoms with Gasteiger partial charge in [-0.25, -0.2) is 4.98 Å². The van der Waals surface area contributed by atoms with Crippen molar-refractivity contribution < 1.29 is 9.47 Å². The van der Waals surface area contributed by atoms with Crippen molar-refractivity contribution in [2.24, 2.45) is 0 Å². The highest BCUT2D eigenvalue weighted by atomic mass is 79.9. The number of ether oxygens (including phenoxy) is 2. The Kier molecular flexibility index (Phi) is 3.49. The van der Waals surface area contributed by atoms with E-state index in [1.807, 2.05) is 12.1 Å². The average molecular weight is 295 g/mol. The highest BCUT2D eigenvalue weighted by molar-refractivity contribution is 9.10. The maximum Gasteiger partial charge on any atom is 0.262 e. The largest absolute Gasteiger partial charge is 0.491 e. The van der Waals surface area contributed by atoms with E-state index in [-0.39, 0.29) is 0 Å². The summed E-state index contributed by atoms with van der Waals surface area (Å²) in [6.45, 7) is 0. The molecule has 0 aliphatic carbocycles. The minimum atomic E-state index is 0.383. The Hall–Kier alpha value is -1.75. The molecule has 5 heteroatoms. The first-order chi connectivity index (χ1) is 8.22. The Morgan fingerprint density at radius 2 is 2.06 bits per heavy atom. The predicted octanol–water partition coefficient (Wildman–Crippen LogP) is 3.23. The monoisotopic (exact) mass is 294 g/mol. The second-order valence-corrected chi connectivity index (χ2v) is 4.13. The lowest BCUT2D eigenvalue weighted by atomic mass is 10.3. The molecule has 0 bridgehead atoms. The molecule has 0 saturated carbocycles. The maximum atomic E-state index is 5.84. The van der Waals surface area contributed by atoms with Crippen LogP contribution in [-0.4, -0.2) is 12.1 Å². The van der Waals surface area contributed by atoms with E-state index in [4.69, 9.17) is 15.2 Å². The summed E-state index contributed by atoms with van der Waals surface area (Å²) in [5.41, 5.74) is 6.37. The molecule has 0 amide bonds. The first-order valence-electron chi connectivity index (χ1n) is 4.93. The minimum absolute atomic E-state index is 0.383. The Balaban J connectivity index is 2.38. The molecule has 17 heavy (non-hydrogen) atoms. The highest BCUT2D eigenvalue weighted by Gasteiger charge is 2.11. The molecule has 2 aromatic rings. The fourth-order valence-corrected chi connectivity index (χ4v) is 1.80.